The Morgan fingerprint density at radius 2 is 1.57 bits per heavy atom. The first-order valence-corrected chi connectivity index (χ1v) is 5.61. The lowest BCUT2D eigenvalue weighted by molar-refractivity contribution is 1.04. The Labute approximate surface area is 88.7 Å². The van der Waals surface area contributed by atoms with Crippen LogP contribution in [0.25, 0.3) is 0 Å². The Morgan fingerprint density at radius 3 is 2.29 bits per heavy atom. The van der Waals surface area contributed by atoms with Crippen LogP contribution in [-0.4, -0.2) is 0 Å². The van der Waals surface area contributed by atoms with Gasteiger partial charge in [0.2, 0.25) is 0 Å². The highest BCUT2D eigenvalue weighted by atomic mass is 13.8. The molecule has 0 aliphatic heterocycles. The fourth-order valence-electron chi connectivity index (χ4n) is 1.02. The molecule has 0 fully saturated rings. The Hall–Kier alpha value is -1.00. The summed E-state index contributed by atoms with van der Waals surface area (Å²) in [6.45, 7) is 4.28. The molecule has 0 rings (SSSR count). The van der Waals surface area contributed by atoms with Crippen LogP contribution in [0.4, 0.5) is 0 Å². The summed E-state index contributed by atoms with van der Waals surface area (Å²) in [7, 11) is 0. The van der Waals surface area contributed by atoms with Crippen molar-refractivity contribution >= 4 is 0 Å². The second-order valence-corrected chi connectivity index (χ2v) is 3.15. The molecule has 0 spiro atoms. The van der Waals surface area contributed by atoms with Gasteiger partial charge in [0.05, 0.1) is 0 Å². The Morgan fingerprint density at radius 1 is 0.786 bits per heavy atom. The molecule has 0 bridgehead atoms. The molecule has 0 amide bonds. The summed E-state index contributed by atoms with van der Waals surface area (Å²) in [5, 5.41) is 0. The third kappa shape index (κ3) is 11.0. The van der Waals surface area contributed by atoms with Crippen LogP contribution in [0, 0.1) is 0 Å². The molecule has 78 valence electrons. The minimum Gasteiger partial charge on any atom is -0.130 e. The van der Waals surface area contributed by atoms with Gasteiger partial charge < -0.3 is 0 Å². The molecule has 0 N–H and O–H groups in total. The second kappa shape index (κ2) is 12.0. The van der Waals surface area contributed by atoms with Gasteiger partial charge in [-0.2, -0.15) is 0 Å². The minimum atomic E-state index is 1.07. The summed E-state index contributed by atoms with van der Waals surface area (Å²) in [5.41, 5.74) is 3.15. The summed E-state index contributed by atoms with van der Waals surface area (Å²) in [6, 6.07) is 0. The Kier molecular flexibility index (Phi) is 11.1. The normalized spacial score (nSPS) is 10.7. The number of allylic oxidation sites excluding steroid dienone is 5. The fourth-order valence-corrected chi connectivity index (χ4v) is 1.02. The SMILES string of the molecule is CCC=C=CCCC=CCC=CCC. The van der Waals surface area contributed by atoms with E-state index in [1.165, 1.54) is 0 Å². The molecule has 14 heavy (non-hydrogen) atoms. The zero-order valence-corrected chi connectivity index (χ0v) is 9.50. The zero-order chi connectivity index (χ0) is 10.5. The highest BCUT2D eigenvalue weighted by Gasteiger charge is 1.75. The van der Waals surface area contributed by atoms with Crippen molar-refractivity contribution in [2.45, 2.75) is 46.0 Å². The molecule has 0 heteroatoms. The van der Waals surface area contributed by atoms with Crippen LogP contribution < -0.4 is 0 Å². The molecule has 0 aliphatic rings. The molecule has 0 unspecified atom stereocenters. The van der Waals surface area contributed by atoms with Crippen molar-refractivity contribution in [3.05, 3.63) is 42.2 Å². The first-order chi connectivity index (χ1) is 6.91. The lowest BCUT2D eigenvalue weighted by atomic mass is 10.2. The number of hydrogen-bond acceptors (Lipinski definition) is 0. The van der Waals surface area contributed by atoms with Gasteiger partial charge in [0, 0.05) is 0 Å². The van der Waals surface area contributed by atoms with E-state index in [1.54, 1.807) is 0 Å². The maximum atomic E-state index is 3.15. The smallest absolute Gasteiger partial charge is 0.0169 e. The monoisotopic (exact) mass is 190 g/mol. The predicted molar refractivity (Wildman–Crippen MR) is 65.4 cm³/mol. The van der Waals surface area contributed by atoms with E-state index < -0.39 is 0 Å². The molecule has 0 heterocycles. The average molecular weight is 190 g/mol. The summed E-state index contributed by atoms with van der Waals surface area (Å²) >= 11 is 0. The molecule has 0 radical (unpaired) electrons. The van der Waals surface area contributed by atoms with Gasteiger partial charge in [0.1, 0.15) is 0 Å². The molecular formula is C14H22. The van der Waals surface area contributed by atoms with E-state index in [9.17, 15) is 0 Å². The summed E-state index contributed by atoms with van der Waals surface area (Å²) < 4.78 is 0. The molecule has 0 aromatic carbocycles. The van der Waals surface area contributed by atoms with Crippen LogP contribution in [0.15, 0.2) is 42.2 Å². The molecule has 0 aromatic rings. The standard InChI is InChI=1S/C14H22/c1-3-5-7-9-11-13-14-12-10-8-6-4-2/h5-7,10-11,13H,3-4,9,12,14H2,1-2H3. The van der Waals surface area contributed by atoms with Gasteiger partial charge in [-0.25, -0.2) is 0 Å². The van der Waals surface area contributed by atoms with Crippen LogP contribution in [0.5, 0.6) is 0 Å². The van der Waals surface area contributed by atoms with Gasteiger partial charge in [0.25, 0.3) is 0 Å². The fraction of sp³-hybridized carbons (Fsp3) is 0.500. The first kappa shape index (κ1) is 13.0. The Balaban J connectivity index is 3.35. The molecule has 0 atom stereocenters. The quantitative estimate of drug-likeness (QED) is 0.307. The predicted octanol–water partition coefficient (Wildman–Crippen LogP) is 4.80. The van der Waals surface area contributed by atoms with Crippen molar-refractivity contribution in [3.63, 3.8) is 0 Å². The number of rotatable bonds is 7. The topological polar surface area (TPSA) is 0 Å². The van der Waals surface area contributed by atoms with E-state index in [-0.39, 0.29) is 0 Å². The lowest BCUT2D eigenvalue weighted by Crippen LogP contribution is -1.64. The van der Waals surface area contributed by atoms with E-state index in [4.69, 9.17) is 0 Å². The summed E-state index contributed by atoms with van der Waals surface area (Å²) in [5.74, 6) is 0. The van der Waals surface area contributed by atoms with Gasteiger partial charge in [-0.3, -0.25) is 0 Å². The van der Waals surface area contributed by atoms with Crippen LogP contribution in [-0.2, 0) is 0 Å². The minimum absolute atomic E-state index is 1.07. The van der Waals surface area contributed by atoms with Crippen LogP contribution in [0.2, 0.25) is 0 Å². The summed E-state index contributed by atoms with van der Waals surface area (Å²) in [4.78, 5) is 0. The van der Waals surface area contributed by atoms with Crippen molar-refractivity contribution in [1.29, 1.82) is 0 Å². The van der Waals surface area contributed by atoms with Crippen LogP contribution in [0.1, 0.15) is 46.0 Å². The van der Waals surface area contributed by atoms with E-state index in [1.807, 2.05) is 0 Å². The molecule has 0 aliphatic carbocycles. The molecule has 0 saturated carbocycles. The van der Waals surface area contributed by atoms with Crippen molar-refractivity contribution in [3.8, 4) is 0 Å². The van der Waals surface area contributed by atoms with E-state index in [0.717, 1.165) is 32.1 Å². The molecule has 0 nitrogen and oxygen atoms in total. The van der Waals surface area contributed by atoms with E-state index in [0.29, 0.717) is 0 Å². The number of unbranched alkanes of at least 4 members (excludes halogenated alkanes) is 1. The maximum absolute atomic E-state index is 3.15. The molecule has 0 saturated heterocycles. The van der Waals surface area contributed by atoms with E-state index in [2.05, 4.69) is 56.0 Å². The highest BCUT2D eigenvalue weighted by molar-refractivity contribution is 4.94. The Bertz CT molecular complexity index is 212. The molecule has 0 aromatic heterocycles. The van der Waals surface area contributed by atoms with Gasteiger partial charge in [-0.15, -0.1) is 5.73 Å². The van der Waals surface area contributed by atoms with Gasteiger partial charge in [-0.1, -0.05) is 38.2 Å². The van der Waals surface area contributed by atoms with Crippen molar-refractivity contribution in [2.75, 3.05) is 0 Å². The van der Waals surface area contributed by atoms with Gasteiger partial charge in [0.15, 0.2) is 0 Å². The van der Waals surface area contributed by atoms with E-state index >= 15 is 0 Å². The lowest BCUT2D eigenvalue weighted by Gasteiger charge is -1.84. The van der Waals surface area contributed by atoms with Gasteiger partial charge in [-0.05, 0) is 44.3 Å². The van der Waals surface area contributed by atoms with Gasteiger partial charge >= 0.3 is 0 Å². The van der Waals surface area contributed by atoms with Crippen LogP contribution >= 0.6 is 0 Å². The third-order valence-corrected chi connectivity index (χ3v) is 1.76. The maximum Gasteiger partial charge on any atom is -0.0169 e. The van der Waals surface area contributed by atoms with Crippen molar-refractivity contribution in [2.24, 2.45) is 0 Å². The van der Waals surface area contributed by atoms with Crippen molar-refractivity contribution < 1.29 is 0 Å². The second-order valence-electron chi connectivity index (χ2n) is 3.15. The van der Waals surface area contributed by atoms with Crippen molar-refractivity contribution in [1.82, 2.24) is 0 Å². The zero-order valence-electron chi connectivity index (χ0n) is 9.50. The largest absolute Gasteiger partial charge is 0.130 e. The molecular weight excluding hydrogens is 168 g/mol. The summed E-state index contributed by atoms with van der Waals surface area (Å²) in [6.07, 6.45) is 18.6. The first-order valence-electron chi connectivity index (χ1n) is 5.61. The van der Waals surface area contributed by atoms with Crippen LogP contribution in [0.3, 0.4) is 0 Å². The third-order valence-electron chi connectivity index (χ3n) is 1.76. The average Bonchev–Trinajstić information content (AvgIpc) is 2.21. The number of hydrogen-bond donors (Lipinski definition) is 0. The highest BCUT2D eigenvalue weighted by Crippen LogP contribution is 1.95.